The molecule has 1 aromatic carbocycles. The Hall–Kier alpha value is -2.04. The van der Waals surface area contributed by atoms with Crippen molar-refractivity contribution in [2.75, 3.05) is 13.7 Å². The first kappa shape index (κ1) is 15.0. The van der Waals surface area contributed by atoms with Gasteiger partial charge in [-0.15, -0.1) is 0 Å². The normalized spacial score (nSPS) is 11.7. The molecule has 5 nitrogen and oxygen atoms in total. The molecule has 0 heterocycles. The zero-order valence-corrected chi connectivity index (χ0v) is 11.4. The molecule has 0 bridgehead atoms. The van der Waals surface area contributed by atoms with Crippen molar-refractivity contribution in [2.24, 2.45) is 5.92 Å². The molecule has 0 radical (unpaired) electrons. The number of rotatable bonds is 6. The average molecular weight is 265 g/mol. The third-order valence-electron chi connectivity index (χ3n) is 2.88. The first-order chi connectivity index (χ1) is 8.95. The molecule has 1 aromatic rings. The van der Waals surface area contributed by atoms with Gasteiger partial charge in [-0.1, -0.05) is 18.6 Å². The molecule has 0 aliphatic heterocycles. The molecule has 0 saturated heterocycles. The highest BCUT2D eigenvalue weighted by Crippen LogP contribution is 2.19. The van der Waals surface area contributed by atoms with E-state index in [4.69, 9.17) is 9.84 Å². The zero-order valence-electron chi connectivity index (χ0n) is 11.4. The van der Waals surface area contributed by atoms with Gasteiger partial charge >= 0.3 is 5.97 Å². The lowest BCUT2D eigenvalue weighted by molar-refractivity contribution is -0.141. The van der Waals surface area contributed by atoms with Crippen molar-refractivity contribution in [1.82, 2.24) is 5.32 Å². The number of aryl methyl sites for hydroxylation is 1. The number of aliphatic carboxylic acids is 1. The van der Waals surface area contributed by atoms with Gasteiger partial charge in [-0.05, 0) is 25.5 Å². The van der Waals surface area contributed by atoms with Gasteiger partial charge in [0.2, 0.25) is 0 Å². The second-order valence-electron chi connectivity index (χ2n) is 4.49. The minimum absolute atomic E-state index is 0.252. The largest absolute Gasteiger partial charge is 0.496 e. The van der Waals surface area contributed by atoms with Gasteiger partial charge in [0, 0.05) is 6.54 Å². The molecule has 19 heavy (non-hydrogen) atoms. The average Bonchev–Trinajstić information content (AvgIpc) is 2.38. The third-order valence-corrected chi connectivity index (χ3v) is 2.88. The number of hydrogen-bond donors (Lipinski definition) is 2. The van der Waals surface area contributed by atoms with Crippen LogP contribution in [0.4, 0.5) is 0 Å². The van der Waals surface area contributed by atoms with Crippen LogP contribution in [0.5, 0.6) is 5.75 Å². The molecule has 0 aliphatic rings. The summed E-state index contributed by atoms with van der Waals surface area (Å²) in [6, 6.07) is 5.35. The van der Waals surface area contributed by atoms with Gasteiger partial charge in [0.15, 0.2) is 0 Å². The summed E-state index contributed by atoms with van der Waals surface area (Å²) in [6.07, 6.45) is 0.398. The molecular formula is C14H19NO4. The van der Waals surface area contributed by atoms with Crippen LogP contribution in [0.2, 0.25) is 0 Å². The highest BCUT2D eigenvalue weighted by atomic mass is 16.5. The molecule has 0 saturated carbocycles. The molecule has 2 N–H and O–H groups in total. The Kier molecular flexibility index (Phi) is 5.36. The number of carbonyl (C=O) groups is 2. The number of carboxylic acids is 1. The number of carboxylic acid groups (broad SMARTS) is 1. The molecule has 1 unspecified atom stereocenters. The summed E-state index contributed by atoms with van der Waals surface area (Å²) in [6.45, 7) is 3.83. The minimum Gasteiger partial charge on any atom is -0.496 e. The fraction of sp³-hybridized carbons (Fsp3) is 0.429. The van der Waals surface area contributed by atoms with E-state index in [1.807, 2.05) is 13.0 Å². The molecular weight excluding hydrogens is 246 g/mol. The maximum absolute atomic E-state index is 12.0. The fourth-order valence-electron chi connectivity index (χ4n) is 1.62. The van der Waals surface area contributed by atoms with Crippen LogP contribution in [-0.4, -0.2) is 30.6 Å². The summed E-state index contributed by atoms with van der Waals surface area (Å²) in [5, 5.41) is 11.5. The number of ether oxygens (including phenoxy) is 1. The highest BCUT2D eigenvalue weighted by Gasteiger charge is 2.14. The smallest absolute Gasteiger partial charge is 0.306 e. The Balaban J connectivity index is 2.63. The van der Waals surface area contributed by atoms with Gasteiger partial charge < -0.3 is 15.2 Å². The molecule has 0 fully saturated rings. The zero-order chi connectivity index (χ0) is 14.4. The Bertz CT molecular complexity index is 471. The monoisotopic (exact) mass is 265 g/mol. The van der Waals surface area contributed by atoms with Crippen molar-refractivity contribution < 1.29 is 19.4 Å². The van der Waals surface area contributed by atoms with E-state index in [9.17, 15) is 9.59 Å². The summed E-state index contributed by atoms with van der Waals surface area (Å²) < 4.78 is 5.13. The first-order valence-electron chi connectivity index (χ1n) is 6.11. The Morgan fingerprint density at radius 3 is 2.68 bits per heavy atom. The van der Waals surface area contributed by atoms with Crippen LogP contribution in [0.3, 0.4) is 0 Å². The van der Waals surface area contributed by atoms with E-state index in [-0.39, 0.29) is 5.91 Å². The van der Waals surface area contributed by atoms with E-state index < -0.39 is 11.9 Å². The van der Waals surface area contributed by atoms with Crippen LogP contribution >= 0.6 is 0 Å². The lowest BCUT2D eigenvalue weighted by Crippen LogP contribution is -2.27. The number of carbonyl (C=O) groups excluding carboxylic acids is 1. The molecule has 0 aliphatic carbocycles. The van der Waals surface area contributed by atoms with Crippen LogP contribution in [-0.2, 0) is 4.79 Å². The van der Waals surface area contributed by atoms with Gasteiger partial charge in [0.1, 0.15) is 5.75 Å². The van der Waals surface area contributed by atoms with E-state index in [0.717, 1.165) is 5.56 Å². The van der Waals surface area contributed by atoms with Gasteiger partial charge in [-0.3, -0.25) is 9.59 Å². The van der Waals surface area contributed by atoms with Crippen molar-refractivity contribution in [3.8, 4) is 5.75 Å². The summed E-state index contributed by atoms with van der Waals surface area (Å²) >= 11 is 0. The van der Waals surface area contributed by atoms with Gasteiger partial charge in [-0.25, -0.2) is 0 Å². The number of methoxy groups -OCH3 is 1. The second-order valence-corrected chi connectivity index (χ2v) is 4.49. The predicted octanol–water partition coefficient (Wildman–Crippen LogP) is 1.84. The second kappa shape index (κ2) is 6.78. The summed E-state index contributed by atoms with van der Waals surface area (Å²) in [5.41, 5.74) is 1.43. The number of benzene rings is 1. The molecule has 0 aromatic heterocycles. The Morgan fingerprint density at radius 2 is 2.11 bits per heavy atom. The number of hydrogen-bond acceptors (Lipinski definition) is 3. The van der Waals surface area contributed by atoms with Crippen molar-refractivity contribution in [2.45, 2.75) is 20.3 Å². The number of amides is 1. The molecule has 0 spiro atoms. The molecule has 104 valence electrons. The van der Waals surface area contributed by atoms with E-state index >= 15 is 0 Å². The standard InChI is InChI=1S/C14H19NO4/c1-9-4-5-12(19-3)11(8-9)13(16)15-7-6-10(2)14(17)18/h4-5,8,10H,6-7H2,1-3H3,(H,15,16)(H,17,18). The minimum atomic E-state index is -0.859. The quantitative estimate of drug-likeness (QED) is 0.823. The van der Waals surface area contributed by atoms with E-state index in [0.29, 0.717) is 24.3 Å². The lowest BCUT2D eigenvalue weighted by Gasteiger charge is -2.11. The summed E-state index contributed by atoms with van der Waals surface area (Å²) in [4.78, 5) is 22.6. The van der Waals surface area contributed by atoms with Crippen molar-refractivity contribution >= 4 is 11.9 Å². The molecule has 1 atom stereocenters. The fourth-order valence-corrected chi connectivity index (χ4v) is 1.62. The maximum Gasteiger partial charge on any atom is 0.306 e. The van der Waals surface area contributed by atoms with Crippen LogP contribution in [0, 0.1) is 12.8 Å². The Labute approximate surface area is 112 Å². The van der Waals surface area contributed by atoms with Gasteiger partial charge in [0.05, 0.1) is 18.6 Å². The molecule has 1 rings (SSSR count). The van der Waals surface area contributed by atoms with Crippen LogP contribution in [0.1, 0.15) is 29.3 Å². The van der Waals surface area contributed by atoms with Crippen LogP contribution < -0.4 is 10.1 Å². The van der Waals surface area contributed by atoms with Crippen LogP contribution in [0.15, 0.2) is 18.2 Å². The van der Waals surface area contributed by atoms with E-state index in [2.05, 4.69) is 5.32 Å². The Morgan fingerprint density at radius 1 is 1.42 bits per heavy atom. The predicted molar refractivity (Wildman–Crippen MR) is 71.5 cm³/mol. The summed E-state index contributed by atoms with van der Waals surface area (Å²) in [7, 11) is 1.51. The van der Waals surface area contributed by atoms with E-state index in [1.54, 1.807) is 19.1 Å². The highest BCUT2D eigenvalue weighted by molar-refractivity contribution is 5.97. The maximum atomic E-state index is 12.0. The lowest BCUT2D eigenvalue weighted by atomic mass is 10.1. The van der Waals surface area contributed by atoms with Crippen LogP contribution in [0.25, 0.3) is 0 Å². The first-order valence-corrected chi connectivity index (χ1v) is 6.11. The topological polar surface area (TPSA) is 75.6 Å². The van der Waals surface area contributed by atoms with Gasteiger partial charge in [-0.2, -0.15) is 0 Å². The van der Waals surface area contributed by atoms with Gasteiger partial charge in [0.25, 0.3) is 5.91 Å². The molecule has 1 amide bonds. The third kappa shape index (κ3) is 4.28. The molecule has 5 heteroatoms. The van der Waals surface area contributed by atoms with Crippen molar-refractivity contribution in [3.63, 3.8) is 0 Å². The SMILES string of the molecule is COc1ccc(C)cc1C(=O)NCCC(C)C(=O)O. The summed E-state index contributed by atoms with van der Waals surface area (Å²) in [5.74, 6) is -1.07. The van der Waals surface area contributed by atoms with Crippen molar-refractivity contribution in [3.05, 3.63) is 29.3 Å². The van der Waals surface area contributed by atoms with E-state index in [1.165, 1.54) is 7.11 Å². The number of nitrogens with one attached hydrogen (secondary N) is 1. The van der Waals surface area contributed by atoms with Crippen molar-refractivity contribution in [1.29, 1.82) is 0 Å².